The zero-order valence-corrected chi connectivity index (χ0v) is 43.1. The summed E-state index contributed by atoms with van der Waals surface area (Å²) in [6.07, 6.45) is -0.935. The lowest BCUT2D eigenvalue weighted by atomic mass is 9.83. The van der Waals surface area contributed by atoms with Gasteiger partial charge in [0.05, 0.1) is 37.0 Å². The van der Waals surface area contributed by atoms with E-state index < -0.39 is 125 Å². The highest BCUT2D eigenvalue weighted by molar-refractivity contribution is 7.99. The molecule has 2 aromatic carbocycles. The van der Waals surface area contributed by atoms with Gasteiger partial charge < -0.3 is 48.4 Å². The summed E-state index contributed by atoms with van der Waals surface area (Å²) in [6.45, 7) is 6.88. The van der Waals surface area contributed by atoms with E-state index in [0.717, 1.165) is 11.1 Å². The Morgan fingerprint density at radius 2 is 1.70 bits per heavy atom. The molecule has 0 saturated carbocycles. The number of fused-ring (bicyclic) bond motifs is 5. The van der Waals surface area contributed by atoms with Crippen molar-refractivity contribution >= 4 is 58.9 Å². The molecule has 24 heteroatoms. The number of likely N-dealkylation sites (N-methyl/N-ethyl adjacent to an activating group) is 1. The number of rotatable bonds is 13. The first kappa shape index (κ1) is 57.2. The van der Waals surface area contributed by atoms with Crippen LogP contribution in [0, 0.1) is 40.9 Å². The highest BCUT2D eigenvalue weighted by Crippen LogP contribution is 2.49. The summed E-state index contributed by atoms with van der Waals surface area (Å²) in [5, 5.41) is 25.7. The Morgan fingerprint density at radius 1 is 1.05 bits per heavy atom. The van der Waals surface area contributed by atoms with Crippen LogP contribution < -0.4 is 19.7 Å². The van der Waals surface area contributed by atoms with Crippen molar-refractivity contribution in [2.75, 3.05) is 57.8 Å². The van der Waals surface area contributed by atoms with Crippen molar-refractivity contribution in [3.8, 4) is 11.5 Å². The molecule has 0 spiro atoms. The van der Waals surface area contributed by atoms with E-state index in [1.807, 2.05) is 13.0 Å². The predicted molar refractivity (Wildman–Crippen MR) is 255 cm³/mol. The molecule has 2 aromatic rings. The zero-order valence-electron chi connectivity index (χ0n) is 41.5. The molecule has 3 saturated heterocycles. The Bertz CT molecular complexity index is 2470. The number of thioether (sulfide) groups is 1. The number of alkyl carbamates (subject to hydrolysis) is 1. The molecular formula is C49H60ClF5N4O13S. The number of aliphatic hydroxyl groups is 2. The van der Waals surface area contributed by atoms with Gasteiger partial charge in [0.25, 0.3) is 0 Å². The van der Waals surface area contributed by atoms with Crippen LogP contribution in [0.2, 0.25) is 5.02 Å². The molecule has 9 atom stereocenters. The number of aliphatic hydroxyl groups excluding tert-OH is 1. The standard InChI is InChI=1S/C49H60ClF5N4O13S/c1-24-10-9-11-32(68-8)49(66)22-31(69-47(65)56-49)25(2)44-48(4,72-44)33(21-35(61)58(6)29-19-27(18-24)20-30(67-7)37(29)50)70-45(63)26(3)57(5)34(60)14-17-73-23-36(62)59-15-12-28(13-16-59)46(64)71-43-41(54)39(52)38(51)40(53)42(43)55/h9-11,19-20,25-26,28,31-34,44,60,66H,12-18,21-23H2,1-8H3,(H,56,65)/b11-9+,24-10+/t25-,26-,31+,32-,33+,34?,44+,48+,49+/m1/s1. The third kappa shape index (κ3) is 12.7. The second-order valence-electron chi connectivity index (χ2n) is 18.9. The van der Waals surface area contributed by atoms with E-state index in [1.165, 1.54) is 61.7 Å². The maximum atomic E-state index is 14.3. The number of hydrogen-bond donors (Lipinski definition) is 3. The lowest BCUT2D eigenvalue weighted by Crippen LogP contribution is -2.63. The van der Waals surface area contributed by atoms with E-state index in [1.54, 1.807) is 38.1 Å². The van der Waals surface area contributed by atoms with Crippen LogP contribution in [0.5, 0.6) is 11.5 Å². The first-order chi connectivity index (χ1) is 34.3. The van der Waals surface area contributed by atoms with Crippen LogP contribution in [0.3, 0.4) is 0 Å². The number of epoxide rings is 1. The maximum absolute atomic E-state index is 14.3. The molecule has 3 N–H and O–H groups in total. The molecule has 4 aliphatic heterocycles. The van der Waals surface area contributed by atoms with Crippen molar-refractivity contribution in [1.29, 1.82) is 0 Å². The van der Waals surface area contributed by atoms with Crippen molar-refractivity contribution in [2.24, 2.45) is 11.8 Å². The Kier molecular flexibility index (Phi) is 18.6. The van der Waals surface area contributed by atoms with Gasteiger partial charge in [-0.15, -0.1) is 0 Å². The molecule has 6 rings (SSSR count). The number of benzene rings is 2. The largest absolute Gasteiger partial charge is 0.495 e. The summed E-state index contributed by atoms with van der Waals surface area (Å²) in [5.41, 5.74) is -1.27. The number of carbonyl (C=O) groups is 5. The molecule has 0 aliphatic carbocycles. The van der Waals surface area contributed by atoms with Crippen molar-refractivity contribution in [2.45, 2.75) is 114 Å². The van der Waals surface area contributed by atoms with Crippen LogP contribution in [0.4, 0.5) is 32.4 Å². The minimum absolute atomic E-state index is 0.000722. The number of halogens is 6. The number of nitrogens with one attached hydrogen (secondary N) is 1. The van der Waals surface area contributed by atoms with Crippen LogP contribution in [-0.4, -0.2) is 151 Å². The fourth-order valence-electron chi connectivity index (χ4n) is 9.13. The summed E-state index contributed by atoms with van der Waals surface area (Å²) in [4.78, 5) is 71.1. The molecule has 3 amide bonds. The molecule has 0 radical (unpaired) electrons. The van der Waals surface area contributed by atoms with Crippen LogP contribution in [0.25, 0.3) is 0 Å². The summed E-state index contributed by atoms with van der Waals surface area (Å²) in [6, 6.07) is 2.41. The Labute approximate surface area is 428 Å². The predicted octanol–water partition coefficient (Wildman–Crippen LogP) is 5.97. The molecule has 402 valence electrons. The fraction of sp³-hybridized carbons (Fsp3) is 0.571. The van der Waals surface area contributed by atoms with E-state index in [-0.39, 0.29) is 61.2 Å². The van der Waals surface area contributed by atoms with Gasteiger partial charge in [0.15, 0.2) is 5.72 Å². The number of piperidine rings is 1. The molecule has 3 fully saturated rings. The van der Waals surface area contributed by atoms with Gasteiger partial charge in [-0.05, 0) is 77.0 Å². The average molecular weight is 1080 g/mol. The fourth-order valence-corrected chi connectivity index (χ4v) is 10.3. The van der Waals surface area contributed by atoms with Crippen LogP contribution >= 0.6 is 23.4 Å². The molecule has 73 heavy (non-hydrogen) atoms. The van der Waals surface area contributed by atoms with Gasteiger partial charge in [0, 0.05) is 39.6 Å². The molecule has 1 unspecified atom stereocenters. The smallest absolute Gasteiger partial charge is 0.409 e. The number of esters is 2. The van der Waals surface area contributed by atoms with Crippen LogP contribution in [0.1, 0.15) is 65.4 Å². The van der Waals surface area contributed by atoms with E-state index >= 15 is 0 Å². The third-order valence-electron chi connectivity index (χ3n) is 13.9. The number of allylic oxidation sites excluding steroid dienone is 3. The van der Waals surface area contributed by atoms with Crippen LogP contribution in [-0.2, 0) is 44.5 Å². The second-order valence-corrected chi connectivity index (χ2v) is 20.3. The normalized spacial score (nSPS) is 28.0. The molecule has 0 aromatic heterocycles. The van der Waals surface area contributed by atoms with Gasteiger partial charge in [-0.3, -0.25) is 29.4 Å². The van der Waals surface area contributed by atoms with Gasteiger partial charge in [-0.1, -0.05) is 42.3 Å². The quantitative estimate of drug-likeness (QED) is 0.0309. The minimum atomic E-state index is -2.39. The van der Waals surface area contributed by atoms with Gasteiger partial charge in [0.2, 0.25) is 46.6 Å². The topological polar surface area (TPSA) is 206 Å². The molecule has 4 bridgehead atoms. The van der Waals surface area contributed by atoms with Gasteiger partial charge in [0.1, 0.15) is 47.0 Å². The average Bonchev–Trinajstić information content (AvgIpc) is 4.06. The first-order valence-electron chi connectivity index (χ1n) is 23.4. The number of ether oxygens (including phenoxy) is 6. The highest BCUT2D eigenvalue weighted by atomic mass is 35.5. The monoisotopic (exact) mass is 1070 g/mol. The van der Waals surface area contributed by atoms with Gasteiger partial charge in [-0.25, -0.2) is 18.0 Å². The Balaban J connectivity index is 1.09. The van der Waals surface area contributed by atoms with E-state index in [2.05, 4.69) is 10.1 Å². The lowest BCUT2D eigenvalue weighted by Gasteiger charge is -2.42. The number of likely N-dealkylation sites (tertiary alicyclic amines) is 1. The summed E-state index contributed by atoms with van der Waals surface area (Å²) < 4.78 is 103. The molecule has 4 aliphatic rings. The Hall–Kier alpha value is -5.04. The number of amides is 3. The van der Waals surface area contributed by atoms with Gasteiger partial charge >= 0.3 is 18.0 Å². The SMILES string of the molecule is COc1cc2cc(c1Cl)N(C)C(=O)C[C@H](OC(=O)[C@@H](C)N(C)C(O)CCSCC(=O)N1CCC(C(=O)Oc3c(F)c(F)c(F)c(F)c3F)CC1)[C@]1(C)O[C@H]1[C@H](C)[C@@H]1C[C@@](O)(NC(=O)O1)[C@H](OC)/C=C/C=C(\C)C2. The van der Waals surface area contributed by atoms with E-state index in [4.69, 9.17) is 35.3 Å². The lowest BCUT2D eigenvalue weighted by molar-refractivity contribution is -0.162. The van der Waals surface area contributed by atoms with E-state index in [0.29, 0.717) is 17.9 Å². The van der Waals surface area contributed by atoms with Crippen molar-refractivity contribution < 1.29 is 84.6 Å². The van der Waals surface area contributed by atoms with E-state index in [9.17, 15) is 56.1 Å². The molecular weight excluding hydrogens is 1020 g/mol. The Morgan fingerprint density at radius 3 is 2.33 bits per heavy atom. The highest BCUT2D eigenvalue weighted by Gasteiger charge is 2.64. The third-order valence-corrected chi connectivity index (χ3v) is 15.3. The number of nitrogens with zero attached hydrogens (tertiary/aromatic N) is 3. The molecule has 17 nitrogen and oxygen atoms in total. The van der Waals surface area contributed by atoms with Crippen LogP contribution in [0.15, 0.2) is 35.9 Å². The summed E-state index contributed by atoms with van der Waals surface area (Å²) in [5.74, 6) is -17.1. The van der Waals surface area contributed by atoms with Gasteiger partial charge in [-0.2, -0.15) is 20.5 Å². The second kappa shape index (κ2) is 23.7. The maximum Gasteiger partial charge on any atom is 0.409 e. The summed E-state index contributed by atoms with van der Waals surface area (Å²) >= 11 is 7.98. The summed E-state index contributed by atoms with van der Waals surface area (Å²) in [7, 11) is 5.86. The first-order valence-corrected chi connectivity index (χ1v) is 25.0. The number of hydrogen-bond acceptors (Lipinski definition) is 15. The number of anilines is 1. The van der Waals surface area contributed by atoms with Crippen molar-refractivity contribution in [3.63, 3.8) is 0 Å². The van der Waals surface area contributed by atoms with Crippen molar-refractivity contribution in [1.82, 2.24) is 15.1 Å². The molecule has 4 heterocycles. The minimum Gasteiger partial charge on any atom is -0.495 e. The number of methoxy groups -OCH3 is 2. The zero-order chi connectivity index (χ0) is 53.9. The van der Waals surface area contributed by atoms with Crippen molar-refractivity contribution in [3.05, 3.63) is 75.6 Å². The number of carbonyl (C=O) groups excluding carboxylic acids is 5.